The van der Waals surface area contributed by atoms with Gasteiger partial charge in [0.1, 0.15) is 0 Å². The van der Waals surface area contributed by atoms with Crippen LogP contribution in [0, 0.1) is 10.1 Å². The van der Waals surface area contributed by atoms with E-state index in [0.717, 1.165) is 11.8 Å². The lowest BCUT2D eigenvalue weighted by Gasteiger charge is -2.12. The average molecular weight is 385 g/mol. The van der Waals surface area contributed by atoms with Crippen molar-refractivity contribution in [2.45, 2.75) is 43.6 Å². The van der Waals surface area contributed by atoms with Crippen LogP contribution in [0.15, 0.2) is 27.8 Å². The first-order chi connectivity index (χ1) is 11.6. The molecule has 10 heteroatoms. The number of amides is 1. The number of anilines is 1. The molecule has 134 valence electrons. The van der Waals surface area contributed by atoms with Crippen LogP contribution < -0.4 is 5.32 Å². The van der Waals surface area contributed by atoms with Crippen LogP contribution in [0.4, 0.5) is 11.4 Å². The summed E-state index contributed by atoms with van der Waals surface area (Å²) in [4.78, 5) is 22.6. The summed E-state index contributed by atoms with van der Waals surface area (Å²) >= 11 is 7.07. The summed E-state index contributed by atoms with van der Waals surface area (Å²) in [5.41, 5.74) is -0.269. The van der Waals surface area contributed by atoms with Gasteiger partial charge in [-0.2, -0.15) is 0 Å². The molecule has 25 heavy (non-hydrogen) atoms. The Kier molecular flexibility index (Phi) is 5.69. The number of carbonyl (C=O) groups is 1. The zero-order valence-corrected chi connectivity index (χ0v) is 15.6. The minimum absolute atomic E-state index is 0.160. The second kappa shape index (κ2) is 7.40. The molecule has 0 saturated carbocycles. The molecule has 1 atom stereocenters. The third-order valence-electron chi connectivity index (χ3n) is 3.11. The van der Waals surface area contributed by atoms with E-state index in [2.05, 4.69) is 15.5 Å². The SMILES string of the molecule is C[C@H](Sc1nnc(C(C)(C)C)o1)C(=O)Nc1cc([N+](=O)[O-])ccc1Cl. The van der Waals surface area contributed by atoms with E-state index in [0.29, 0.717) is 5.89 Å². The molecule has 2 rings (SSSR count). The fourth-order valence-electron chi connectivity index (χ4n) is 1.72. The Morgan fingerprint density at radius 2 is 2.08 bits per heavy atom. The van der Waals surface area contributed by atoms with Crippen molar-refractivity contribution in [3.63, 3.8) is 0 Å². The highest BCUT2D eigenvalue weighted by molar-refractivity contribution is 8.00. The molecule has 0 bridgehead atoms. The summed E-state index contributed by atoms with van der Waals surface area (Å²) in [6.45, 7) is 7.48. The van der Waals surface area contributed by atoms with Crippen molar-refractivity contribution >= 4 is 40.6 Å². The van der Waals surface area contributed by atoms with Gasteiger partial charge in [-0.3, -0.25) is 14.9 Å². The second-order valence-corrected chi connectivity index (χ2v) is 7.99. The summed E-state index contributed by atoms with van der Waals surface area (Å²) in [6, 6.07) is 3.84. The summed E-state index contributed by atoms with van der Waals surface area (Å²) < 4.78 is 5.54. The number of nitrogens with one attached hydrogen (secondary N) is 1. The van der Waals surface area contributed by atoms with Crippen molar-refractivity contribution in [2.24, 2.45) is 0 Å². The van der Waals surface area contributed by atoms with Crippen LogP contribution >= 0.6 is 23.4 Å². The summed E-state index contributed by atoms with van der Waals surface area (Å²) in [6.07, 6.45) is 0. The monoisotopic (exact) mass is 384 g/mol. The van der Waals surface area contributed by atoms with E-state index in [1.165, 1.54) is 18.2 Å². The molecule has 1 heterocycles. The first-order valence-corrected chi connectivity index (χ1v) is 8.59. The third-order valence-corrected chi connectivity index (χ3v) is 4.38. The van der Waals surface area contributed by atoms with Crippen LogP contribution in [0.1, 0.15) is 33.6 Å². The van der Waals surface area contributed by atoms with Gasteiger partial charge >= 0.3 is 0 Å². The minimum Gasteiger partial charge on any atom is -0.415 e. The van der Waals surface area contributed by atoms with E-state index in [1.807, 2.05) is 20.8 Å². The van der Waals surface area contributed by atoms with Gasteiger partial charge in [-0.15, -0.1) is 10.2 Å². The molecule has 1 N–H and O–H groups in total. The van der Waals surface area contributed by atoms with Gasteiger partial charge in [0, 0.05) is 17.5 Å². The number of rotatable bonds is 5. The van der Waals surface area contributed by atoms with Gasteiger partial charge in [-0.05, 0) is 13.0 Å². The lowest BCUT2D eigenvalue weighted by Crippen LogP contribution is -2.22. The Bertz CT molecular complexity index is 803. The third kappa shape index (κ3) is 4.93. The number of non-ortho nitro benzene ring substituents is 1. The zero-order valence-electron chi connectivity index (χ0n) is 14.1. The number of halogens is 1. The molecule has 2 aromatic rings. The van der Waals surface area contributed by atoms with E-state index in [-0.39, 0.29) is 32.9 Å². The van der Waals surface area contributed by atoms with Gasteiger partial charge in [0.15, 0.2) is 0 Å². The molecular weight excluding hydrogens is 368 g/mol. The predicted molar refractivity (Wildman–Crippen MR) is 95.1 cm³/mol. The Labute approximate surface area is 153 Å². The van der Waals surface area contributed by atoms with E-state index < -0.39 is 10.2 Å². The number of nitro groups is 1. The Balaban J connectivity index is 2.07. The van der Waals surface area contributed by atoms with Crippen LogP contribution in [0.3, 0.4) is 0 Å². The molecule has 1 amide bonds. The molecule has 0 aliphatic heterocycles. The smallest absolute Gasteiger partial charge is 0.277 e. The zero-order chi connectivity index (χ0) is 18.8. The highest BCUT2D eigenvalue weighted by atomic mass is 35.5. The molecule has 0 saturated heterocycles. The Morgan fingerprint density at radius 3 is 2.64 bits per heavy atom. The first kappa shape index (κ1) is 19.2. The lowest BCUT2D eigenvalue weighted by molar-refractivity contribution is -0.384. The largest absolute Gasteiger partial charge is 0.415 e. The molecule has 0 aliphatic rings. The molecule has 1 aromatic heterocycles. The Hall–Kier alpha value is -2.13. The summed E-state index contributed by atoms with van der Waals surface area (Å²) in [5.74, 6) is 0.0900. The van der Waals surface area contributed by atoms with Gasteiger partial charge in [-0.1, -0.05) is 44.1 Å². The highest BCUT2D eigenvalue weighted by Gasteiger charge is 2.24. The van der Waals surface area contributed by atoms with Crippen LogP contribution in [0.5, 0.6) is 0 Å². The first-order valence-electron chi connectivity index (χ1n) is 7.33. The fourth-order valence-corrected chi connectivity index (χ4v) is 2.57. The summed E-state index contributed by atoms with van der Waals surface area (Å²) in [5, 5.41) is 21.2. The van der Waals surface area contributed by atoms with Crippen LogP contribution in [-0.4, -0.2) is 26.3 Å². The van der Waals surface area contributed by atoms with Crippen molar-refractivity contribution in [1.82, 2.24) is 10.2 Å². The van der Waals surface area contributed by atoms with Gasteiger partial charge < -0.3 is 9.73 Å². The van der Waals surface area contributed by atoms with Crippen LogP contribution in [-0.2, 0) is 10.2 Å². The molecule has 0 spiro atoms. The number of benzene rings is 1. The quantitative estimate of drug-likeness (QED) is 0.470. The number of hydrogen-bond donors (Lipinski definition) is 1. The molecule has 0 unspecified atom stereocenters. The van der Waals surface area contributed by atoms with E-state index in [1.54, 1.807) is 6.92 Å². The normalized spacial score (nSPS) is 12.7. The topological polar surface area (TPSA) is 111 Å². The number of carbonyl (C=O) groups excluding carboxylic acids is 1. The molecule has 8 nitrogen and oxygen atoms in total. The summed E-state index contributed by atoms with van der Waals surface area (Å²) in [7, 11) is 0. The van der Waals surface area contributed by atoms with E-state index >= 15 is 0 Å². The van der Waals surface area contributed by atoms with Gasteiger partial charge in [-0.25, -0.2) is 0 Å². The van der Waals surface area contributed by atoms with E-state index in [4.69, 9.17) is 16.0 Å². The predicted octanol–water partition coefficient (Wildman–Crippen LogP) is 4.05. The maximum absolute atomic E-state index is 12.3. The van der Waals surface area contributed by atoms with Crippen molar-refractivity contribution in [2.75, 3.05) is 5.32 Å². The highest BCUT2D eigenvalue weighted by Crippen LogP contribution is 2.30. The number of thioether (sulfide) groups is 1. The fraction of sp³-hybridized carbons (Fsp3) is 0.400. The standard InChI is InChI=1S/C15H17ClN4O4S/c1-8(25-14-19-18-13(24-14)15(2,3)4)12(21)17-11-7-9(20(22)23)5-6-10(11)16/h5-8H,1-4H3,(H,17,21)/t8-/m0/s1. The van der Waals surface area contributed by atoms with Gasteiger partial charge in [0.25, 0.3) is 10.9 Å². The number of hydrogen-bond acceptors (Lipinski definition) is 7. The van der Waals surface area contributed by atoms with E-state index in [9.17, 15) is 14.9 Å². The molecule has 0 aliphatic carbocycles. The molecule has 0 radical (unpaired) electrons. The van der Waals surface area contributed by atoms with Crippen molar-refractivity contribution in [1.29, 1.82) is 0 Å². The van der Waals surface area contributed by atoms with Crippen LogP contribution in [0.2, 0.25) is 5.02 Å². The van der Waals surface area contributed by atoms with Gasteiger partial charge in [0.2, 0.25) is 11.8 Å². The maximum atomic E-state index is 12.3. The van der Waals surface area contributed by atoms with Gasteiger partial charge in [0.05, 0.1) is 20.9 Å². The molecular formula is C15H17ClN4O4S. The van der Waals surface area contributed by atoms with Crippen molar-refractivity contribution in [3.05, 3.63) is 39.2 Å². The maximum Gasteiger partial charge on any atom is 0.277 e. The number of aromatic nitrogens is 2. The lowest BCUT2D eigenvalue weighted by atomic mass is 9.97. The molecule has 0 fully saturated rings. The minimum atomic E-state index is -0.566. The Morgan fingerprint density at radius 1 is 1.40 bits per heavy atom. The number of nitro benzene ring substituents is 1. The molecule has 1 aromatic carbocycles. The van der Waals surface area contributed by atoms with Crippen molar-refractivity contribution < 1.29 is 14.1 Å². The average Bonchev–Trinajstić information content (AvgIpc) is 2.97. The van der Waals surface area contributed by atoms with Crippen LogP contribution in [0.25, 0.3) is 0 Å². The second-order valence-electron chi connectivity index (χ2n) is 6.29. The van der Waals surface area contributed by atoms with Crippen molar-refractivity contribution in [3.8, 4) is 0 Å². The number of nitrogens with zero attached hydrogens (tertiary/aromatic N) is 3.